The summed E-state index contributed by atoms with van der Waals surface area (Å²) in [5.74, 6) is 1.48. The molecule has 1 atom stereocenters. The fourth-order valence-corrected chi connectivity index (χ4v) is 1.80. The van der Waals surface area contributed by atoms with Gasteiger partial charge < -0.3 is 23.7 Å². The zero-order chi connectivity index (χ0) is 17.3. The smallest absolute Gasteiger partial charge is 0.119 e. The highest BCUT2D eigenvalue weighted by Crippen LogP contribution is 2.07. The Kier molecular flexibility index (Phi) is 13.4. The summed E-state index contributed by atoms with van der Waals surface area (Å²) in [6, 6.07) is 9.72. The molecule has 0 saturated heterocycles. The van der Waals surface area contributed by atoms with Crippen molar-refractivity contribution in [2.24, 2.45) is 5.92 Å². The lowest BCUT2D eigenvalue weighted by molar-refractivity contribution is -0.00768. The zero-order valence-electron chi connectivity index (χ0n) is 15.1. The number of ether oxygens (including phenoxy) is 5. The summed E-state index contributed by atoms with van der Waals surface area (Å²) >= 11 is 0. The Morgan fingerprint density at radius 2 is 1.21 bits per heavy atom. The van der Waals surface area contributed by atoms with Crippen LogP contribution in [0.5, 0.6) is 5.75 Å². The molecule has 5 heteroatoms. The third kappa shape index (κ3) is 12.3. The van der Waals surface area contributed by atoms with E-state index in [2.05, 4.69) is 13.8 Å². The Hall–Kier alpha value is -1.14. The molecule has 138 valence electrons. The van der Waals surface area contributed by atoms with Crippen molar-refractivity contribution in [3.05, 3.63) is 30.3 Å². The van der Waals surface area contributed by atoms with E-state index in [0.717, 1.165) is 18.8 Å². The van der Waals surface area contributed by atoms with Gasteiger partial charge in [-0.2, -0.15) is 0 Å². The number of para-hydroxylation sites is 1. The maximum Gasteiger partial charge on any atom is 0.119 e. The Morgan fingerprint density at radius 3 is 1.75 bits per heavy atom. The summed E-state index contributed by atoms with van der Waals surface area (Å²) < 4.78 is 27.3. The van der Waals surface area contributed by atoms with E-state index in [9.17, 15) is 0 Å². The van der Waals surface area contributed by atoms with Gasteiger partial charge in [-0.25, -0.2) is 0 Å². The SMILES string of the molecule is CCC(C)COCCOCCOCCOCCOc1ccccc1. The van der Waals surface area contributed by atoms with Crippen LogP contribution in [0.15, 0.2) is 30.3 Å². The normalized spacial score (nSPS) is 12.2. The first-order valence-corrected chi connectivity index (χ1v) is 8.81. The minimum absolute atomic E-state index is 0.545. The quantitative estimate of drug-likeness (QED) is 0.433. The van der Waals surface area contributed by atoms with Crippen LogP contribution in [0.3, 0.4) is 0 Å². The summed E-state index contributed by atoms with van der Waals surface area (Å²) in [4.78, 5) is 0. The summed E-state index contributed by atoms with van der Waals surface area (Å²) in [5, 5.41) is 0. The monoisotopic (exact) mass is 340 g/mol. The second-order valence-corrected chi connectivity index (χ2v) is 5.59. The topological polar surface area (TPSA) is 46.2 Å². The van der Waals surface area contributed by atoms with Gasteiger partial charge in [-0.1, -0.05) is 38.5 Å². The molecule has 0 bridgehead atoms. The molecule has 1 aromatic carbocycles. The van der Waals surface area contributed by atoms with E-state index in [1.165, 1.54) is 0 Å². The van der Waals surface area contributed by atoms with Crippen LogP contribution in [-0.4, -0.2) is 59.5 Å². The van der Waals surface area contributed by atoms with Gasteiger partial charge in [0.15, 0.2) is 0 Å². The van der Waals surface area contributed by atoms with E-state index in [4.69, 9.17) is 23.7 Å². The van der Waals surface area contributed by atoms with Crippen molar-refractivity contribution in [1.82, 2.24) is 0 Å². The molecule has 0 spiro atoms. The van der Waals surface area contributed by atoms with E-state index in [1.54, 1.807) is 0 Å². The standard InChI is InChI=1S/C19H32O5/c1-3-18(2)17-23-14-13-21-10-9-20-11-12-22-15-16-24-19-7-5-4-6-8-19/h4-8,18H,3,9-17H2,1-2H3. The van der Waals surface area contributed by atoms with Crippen LogP contribution in [0, 0.1) is 5.92 Å². The summed E-state index contributed by atoms with van der Waals surface area (Å²) in [6.45, 7) is 9.83. The fourth-order valence-electron chi connectivity index (χ4n) is 1.80. The predicted octanol–water partition coefficient (Wildman–Crippen LogP) is 3.18. The first-order valence-electron chi connectivity index (χ1n) is 8.81. The van der Waals surface area contributed by atoms with E-state index >= 15 is 0 Å². The van der Waals surface area contributed by atoms with Crippen molar-refractivity contribution >= 4 is 0 Å². The highest BCUT2D eigenvalue weighted by molar-refractivity contribution is 5.20. The minimum Gasteiger partial charge on any atom is -0.491 e. The van der Waals surface area contributed by atoms with Gasteiger partial charge in [-0.15, -0.1) is 0 Å². The molecule has 0 fully saturated rings. The maximum absolute atomic E-state index is 5.52. The minimum atomic E-state index is 0.545. The number of hydrogen-bond donors (Lipinski definition) is 0. The Labute approximate surface area is 146 Å². The van der Waals surface area contributed by atoms with Crippen LogP contribution in [0.4, 0.5) is 0 Å². The molecule has 0 saturated carbocycles. The van der Waals surface area contributed by atoms with Gasteiger partial charge in [-0.05, 0) is 18.1 Å². The molecule has 0 aliphatic carbocycles. The first kappa shape index (κ1) is 20.9. The third-order valence-corrected chi connectivity index (χ3v) is 3.45. The Bertz CT molecular complexity index is 371. The predicted molar refractivity (Wildman–Crippen MR) is 94.7 cm³/mol. The molecular weight excluding hydrogens is 308 g/mol. The van der Waals surface area contributed by atoms with Gasteiger partial charge in [0, 0.05) is 6.61 Å². The molecule has 0 aromatic heterocycles. The summed E-state index contributed by atoms with van der Waals surface area (Å²) in [5.41, 5.74) is 0. The highest BCUT2D eigenvalue weighted by Gasteiger charge is 1.98. The molecule has 1 rings (SSSR count). The van der Waals surface area contributed by atoms with Gasteiger partial charge in [0.2, 0.25) is 0 Å². The molecule has 0 aliphatic heterocycles. The molecule has 0 aliphatic rings. The van der Waals surface area contributed by atoms with Crippen molar-refractivity contribution in [3.8, 4) is 5.75 Å². The molecule has 0 amide bonds. The second-order valence-electron chi connectivity index (χ2n) is 5.59. The zero-order valence-corrected chi connectivity index (χ0v) is 15.1. The largest absolute Gasteiger partial charge is 0.491 e. The van der Waals surface area contributed by atoms with Crippen molar-refractivity contribution in [2.75, 3.05) is 59.5 Å². The lowest BCUT2D eigenvalue weighted by Gasteiger charge is -2.10. The lowest BCUT2D eigenvalue weighted by atomic mass is 10.1. The van der Waals surface area contributed by atoms with Gasteiger partial charge in [-0.3, -0.25) is 0 Å². The number of hydrogen-bond acceptors (Lipinski definition) is 5. The van der Waals surface area contributed by atoms with Crippen molar-refractivity contribution in [2.45, 2.75) is 20.3 Å². The van der Waals surface area contributed by atoms with E-state index in [1.807, 2.05) is 30.3 Å². The van der Waals surface area contributed by atoms with E-state index in [-0.39, 0.29) is 0 Å². The van der Waals surface area contributed by atoms with Gasteiger partial charge >= 0.3 is 0 Å². The number of benzene rings is 1. The average molecular weight is 340 g/mol. The summed E-state index contributed by atoms with van der Waals surface area (Å²) in [6.07, 6.45) is 1.15. The molecule has 5 nitrogen and oxygen atoms in total. The summed E-state index contributed by atoms with van der Waals surface area (Å²) in [7, 11) is 0. The Morgan fingerprint density at radius 1 is 0.708 bits per heavy atom. The maximum atomic E-state index is 5.52. The lowest BCUT2D eigenvalue weighted by Crippen LogP contribution is -2.14. The van der Waals surface area contributed by atoms with Crippen molar-refractivity contribution in [3.63, 3.8) is 0 Å². The molecule has 24 heavy (non-hydrogen) atoms. The van der Waals surface area contributed by atoms with Crippen LogP contribution in [0.1, 0.15) is 20.3 Å². The van der Waals surface area contributed by atoms with Crippen LogP contribution in [0.25, 0.3) is 0 Å². The van der Waals surface area contributed by atoms with E-state index < -0.39 is 0 Å². The van der Waals surface area contributed by atoms with Crippen molar-refractivity contribution in [1.29, 1.82) is 0 Å². The van der Waals surface area contributed by atoms with E-state index in [0.29, 0.717) is 58.8 Å². The van der Waals surface area contributed by atoms with Gasteiger partial charge in [0.1, 0.15) is 12.4 Å². The molecular formula is C19H32O5. The highest BCUT2D eigenvalue weighted by atomic mass is 16.6. The van der Waals surface area contributed by atoms with Crippen LogP contribution < -0.4 is 4.74 Å². The molecule has 1 unspecified atom stereocenters. The van der Waals surface area contributed by atoms with Gasteiger partial charge in [0.05, 0.1) is 46.2 Å². The Balaban J connectivity index is 1.73. The first-order chi connectivity index (χ1) is 11.8. The molecule has 0 radical (unpaired) electrons. The van der Waals surface area contributed by atoms with Crippen molar-refractivity contribution < 1.29 is 23.7 Å². The van der Waals surface area contributed by atoms with Gasteiger partial charge in [0.25, 0.3) is 0 Å². The van der Waals surface area contributed by atoms with Crippen LogP contribution in [-0.2, 0) is 18.9 Å². The fraction of sp³-hybridized carbons (Fsp3) is 0.684. The molecule has 1 aromatic rings. The number of rotatable bonds is 16. The molecule has 0 N–H and O–H groups in total. The molecule has 0 heterocycles. The van der Waals surface area contributed by atoms with Crippen LogP contribution >= 0.6 is 0 Å². The second kappa shape index (κ2) is 15.4. The average Bonchev–Trinajstić information content (AvgIpc) is 2.62. The van der Waals surface area contributed by atoms with Crippen LogP contribution in [0.2, 0.25) is 0 Å². The third-order valence-electron chi connectivity index (χ3n) is 3.45.